The Morgan fingerprint density at radius 3 is 1.81 bits per heavy atom. The second-order valence-corrected chi connectivity index (χ2v) is 8.30. The molecule has 0 heterocycles. The van der Waals surface area contributed by atoms with Crippen molar-refractivity contribution in [3.05, 3.63) is 35.4 Å². The lowest BCUT2D eigenvalue weighted by Gasteiger charge is -2.13. The molecule has 0 aliphatic rings. The molecule has 1 rings (SSSR count). The molecule has 1 atom stereocenters. The lowest BCUT2D eigenvalue weighted by Crippen LogP contribution is -2.07. The molecule has 1 aromatic carbocycles. The molecule has 0 saturated carbocycles. The normalized spacial score (nSPS) is 12.2. The van der Waals surface area contributed by atoms with E-state index in [4.69, 9.17) is 0 Å². The third kappa shape index (κ3) is 11.9. The first-order chi connectivity index (χ1) is 13.1. The minimum Gasteiger partial charge on any atom is -0.478 e. The number of hydrogen-bond acceptors (Lipinski definition) is 1. The second kappa shape index (κ2) is 15.7. The first-order valence-electron chi connectivity index (χ1n) is 11.5. The van der Waals surface area contributed by atoms with Crippen LogP contribution >= 0.6 is 0 Å². The Balaban J connectivity index is 1.97. The number of hydrogen-bond donors (Lipinski definition) is 1. The summed E-state index contributed by atoms with van der Waals surface area (Å²) >= 11 is 0. The van der Waals surface area contributed by atoms with Gasteiger partial charge < -0.3 is 5.11 Å². The van der Waals surface area contributed by atoms with Gasteiger partial charge >= 0.3 is 5.97 Å². The Morgan fingerprint density at radius 1 is 0.815 bits per heavy atom. The van der Waals surface area contributed by atoms with E-state index in [9.17, 15) is 9.90 Å². The van der Waals surface area contributed by atoms with Crippen LogP contribution in [0.1, 0.15) is 120 Å². The molecule has 1 aromatic rings. The maximum atomic E-state index is 11.3. The molecule has 0 fully saturated rings. The quantitative estimate of drug-likeness (QED) is 0.280. The van der Waals surface area contributed by atoms with E-state index in [2.05, 4.69) is 13.8 Å². The van der Waals surface area contributed by atoms with E-state index < -0.39 is 5.97 Å². The summed E-state index contributed by atoms with van der Waals surface area (Å²) in [5, 5.41) is 9.28. The lowest BCUT2D eigenvalue weighted by molar-refractivity contribution is 0.0695. The van der Waals surface area contributed by atoms with Gasteiger partial charge in [0.05, 0.1) is 5.56 Å². The van der Waals surface area contributed by atoms with Gasteiger partial charge in [-0.1, -0.05) is 122 Å². The van der Waals surface area contributed by atoms with Gasteiger partial charge in [0.15, 0.2) is 0 Å². The number of aromatic carboxylic acids is 1. The zero-order valence-electron chi connectivity index (χ0n) is 17.8. The van der Waals surface area contributed by atoms with Gasteiger partial charge in [-0.15, -0.1) is 0 Å². The summed E-state index contributed by atoms with van der Waals surface area (Å²) in [4.78, 5) is 11.3. The van der Waals surface area contributed by atoms with E-state index >= 15 is 0 Å². The third-order valence-electron chi connectivity index (χ3n) is 5.62. The zero-order valence-corrected chi connectivity index (χ0v) is 17.8. The van der Waals surface area contributed by atoms with Crippen LogP contribution in [0.15, 0.2) is 24.3 Å². The largest absolute Gasteiger partial charge is 0.478 e. The van der Waals surface area contributed by atoms with Gasteiger partial charge in [0.1, 0.15) is 0 Å². The summed E-state index contributed by atoms with van der Waals surface area (Å²) in [6.45, 7) is 4.53. The van der Waals surface area contributed by atoms with E-state index in [0.717, 1.165) is 12.0 Å². The zero-order chi connectivity index (χ0) is 19.7. The van der Waals surface area contributed by atoms with Crippen molar-refractivity contribution in [2.75, 3.05) is 0 Å². The van der Waals surface area contributed by atoms with Gasteiger partial charge in [0, 0.05) is 0 Å². The highest BCUT2D eigenvalue weighted by atomic mass is 16.4. The standard InChI is InChI=1S/C25H42O2/c1-3-4-5-6-7-8-9-10-11-12-13-14-15-18-22(2)21-23-19-16-17-20-24(23)25(26)27/h16-17,19-20,22H,3-15,18,21H2,1-2H3,(H,26,27). The molecule has 27 heavy (non-hydrogen) atoms. The summed E-state index contributed by atoms with van der Waals surface area (Å²) in [5.74, 6) is -0.253. The molecule has 1 unspecified atom stereocenters. The third-order valence-corrected chi connectivity index (χ3v) is 5.62. The highest BCUT2D eigenvalue weighted by Gasteiger charge is 2.11. The number of rotatable bonds is 17. The summed E-state index contributed by atoms with van der Waals surface area (Å²) < 4.78 is 0. The molecule has 0 saturated heterocycles. The molecule has 0 amide bonds. The van der Waals surface area contributed by atoms with Crippen LogP contribution in [0.4, 0.5) is 0 Å². The van der Waals surface area contributed by atoms with Gasteiger partial charge in [0.25, 0.3) is 0 Å². The average molecular weight is 375 g/mol. The molecule has 2 heteroatoms. The Bertz CT molecular complexity index is 495. The van der Waals surface area contributed by atoms with Crippen molar-refractivity contribution in [1.82, 2.24) is 0 Å². The molecular weight excluding hydrogens is 332 g/mol. The fraction of sp³-hybridized carbons (Fsp3) is 0.720. The molecule has 1 N–H and O–H groups in total. The molecule has 0 aliphatic carbocycles. The van der Waals surface area contributed by atoms with Crippen molar-refractivity contribution in [2.24, 2.45) is 5.92 Å². The highest BCUT2D eigenvalue weighted by molar-refractivity contribution is 5.89. The summed E-state index contributed by atoms with van der Waals surface area (Å²) in [7, 11) is 0. The minimum absolute atomic E-state index is 0.467. The predicted molar refractivity (Wildman–Crippen MR) is 117 cm³/mol. The van der Waals surface area contributed by atoms with Crippen LogP contribution in [0.2, 0.25) is 0 Å². The van der Waals surface area contributed by atoms with E-state index in [1.807, 2.05) is 18.2 Å². The summed E-state index contributed by atoms with van der Waals surface area (Å²) in [5.41, 5.74) is 1.45. The molecule has 0 spiro atoms. The smallest absolute Gasteiger partial charge is 0.335 e. The molecule has 0 aromatic heterocycles. The Morgan fingerprint density at radius 2 is 1.30 bits per heavy atom. The van der Waals surface area contributed by atoms with Crippen LogP contribution in [-0.4, -0.2) is 11.1 Å². The Hall–Kier alpha value is -1.31. The number of carboxylic acids is 1. The maximum Gasteiger partial charge on any atom is 0.335 e. The van der Waals surface area contributed by atoms with E-state index in [0.29, 0.717) is 11.5 Å². The second-order valence-electron chi connectivity index (χ2n) is 8.30. The van der Waals surface area contributed by atoms with Crippen LogP contribution in [-0.2, 0) is 6.42 Å². The summed E-state index contributed by atoms with van der Waals surface area (Å²) in [6.07, 6.45) is 20.1. The van der Waals surface area contributed by atoms with Gasteiger partial charge in [-0.2, -0.15) is 0 Å². The van der Waals surface area contributed by atoms with Crippen molar-refractivity contribution < 1.29 is 9.90 Å². The molecule has 0 aliphatic heterocycles. The fourth-order valence-electron chi connectivity index (χ4n) is 3.89. The van der Waals surface area contributed by atoms with Crippen LogP contribution in [0.5, 0.6) is 0 Å². The van der Waals surface area contributed by atoms with Crippen LogP contribution in [0.3, 0.4) is 0 Å². The Kier molecular flexibility index (Phi) is 13.8. The van der Waals surface area contributed by atoms with Crippen molar-refractivity contribution in [2.45, 2.75) is 110 Å². The van der Waals surface area contributed by atoms with E-state index in [1.165, 1.54) is 89.9 Å². The molecule has 2 nitrogen and oxygen atoms in total. The monoisotopic (exact) mass is 374 g/mol. The van der Waals surface area contributed by atoms with Crippen LogP contribution in [0, 0.1) is 5.92 Å². The van der Waals surface area contributed by atoms with Gasteiger partial charge in [0.2, 0.25) is 0 Å². The van der Waals surface area contributed by atoms with Gasteiger partial charge in [-0.05, 0) is 24.0 Å². The molecular formula is C25H42O2. The lowest BCUT2D eigenvalue weighted by atomic mass is 9.92. The van der Waals surface area contributed by atoms with Crippen molar-refractivity contribution in [3.8, 4) is 0 Å². The van der Waals surface area contributed by atoms with Crippen LogP contribution in [0.25, 0.3) is 0 Å². The molecule has 154 valence electrons. The number of unbranched alkanes of at least 4 members (excludes halogenated alkanes) is 12. The fourth-order valence-corrected chi connectivity index (χ4v) is 3.89. The Labute approximate surface area is 167 Å². The SMILES string of the molecule is CCCCCCCCCCCCCCCC(C)Cc1ccccc1C(=O)O. The van der Waals surface area contributed by atoms with Crippen molar-refractivity contribution >= 4 is 5.97 Å². The van der Waals surface area contributed by atoms with E-state index in [1.54, 1.807) is 6.07 Å². The molecule has 0 bridgehead atoms. The number of benzene rings is 1. The average Bonchev–Trinajstić information content (AvgIpc) is 2.65. The predicted octanol–water partition coefficient (Wildman–Crippen LogP) is 8.04. The number of carbonyl (C=O) groups is 1. The maximum absolute atomic E-state index is 11.3. The number of carboxylic acid groups (broad SMARTS) is 1. The summed E-state index contributed by atoms with van der Waals surface area (Å²) in [6, 6.07) is 7.43. The van der Waals surface area contributed by atoms with Crippen molar-refractivity contribution in [3.63, 3.8) is 0 Å². The molecule has 0 radical (unpaired) electrons. The van der Waals surface area contributed by atoms with Crippen molar-refractivity contribution in [1.29, 1.82) is 0 Å². The first-order valence-corrected chi connectivity index (χ1v) is 11.5. The topological polar surface area (TPSA) is 37.3 Å². The van der Waals surface area contributed by atoms with Crippen LogP contribution < -0.4 is 0 Å². The first kappa shape index (κ1) is 23.7. The van der Waals surface area contributed by atoms with E-state index in [-0.39, 0.29) is 0 Å². The van der Waals surface area contributed by atoms with Gasteiger partial charge in [-0.25, -0.2) is 4.79 Å². The minimum atomic E-state index is -0.807. The highest BCUT2D eigenvalue weighted by Crippen LogP contribution is 2.19. The van der Waals surface area contributed by atoms with Gasteiger partial charge in [-0.3, -0.25) is 0 Å².